The van der Waals surface area contributed by atoms with Crippen molar-refractivity contribution in [1.82, 2.24) is 5.32 Å². The van der Waals surface area contributed by atoms with Crippen molar-refractivity contribution in [2.75, 3.05) is 5.75 Å². The molecular formula is C11H19NOS. The fourth-order valence-corrected chi connectivity index (χ4v) is 1.33. The lowest BCUT2D eigenvalue weighted by atomic mass is 10.1. The van der Waals surface area contributed by atoms with Gasteiger partial charge in [0.25, 0.3) is 5.91 Å². The minimum absolute atomic E-state index is 0.0616. The largest absolute Gasteiger partial charge is 0.347 e. The van der Waals surface area contributed by atoms with E-state index in [1.807, 2.05) is 33.1 Å². The number of carbonyl (C=O) groups excluding carboxylic acids is 1. The first kappa shape index (κ1) is 13.3. The zero-order valence-corrected chi connectivity index (χ0v) is 10.2. The Morgan fingerprint density at radius 2 is 2.07 bits per heavy atom. The van der Waals surface area contributed by atoms with E-state index >= 15 is 0 Å². The van der Waals surface area contributed by atoms with Crippen LogP contribution >= 0.6 is 11.8 Å². The first-order valence-electron chi connectivity index (χ1n) is 4.67. The summed E-state index contributed by atoms with van der Waals surface area (Å²) in [5, 5.41) is 4.73. The van der Waals surface area contributed by atoms with E-state index in [0.29, 0.717) is 5.57 Å². The van der Waals surface area contributed by atoms with Crippen molar-refractivity contribution < 1.29 is 4.79 Å². The average Bonchev–Trinajstić information content (AvgIpc) is 2.02. The van der Waals surface area contributed by atoms with Crippen LogP contribution in [0.3, 0.4) is 0 Å². The smallest absolute Gasteiger partial charge is 0.252 e. The molecule has 1 amide bonds. The van der Waals surface area contributed by atoms with E-state index in [4.69, 9.17) is 0 Å². The fraction of sp³-hybridized carbons (Fsp3) is 0.545. The standard InChI is InChI=1S/C11H19NOS/c1-6-9(8-14-7-2)10(13)12-11(3,4)5/h6,8H,1,7H2,2-5H3,(H,12,13)/b9-8+. The Morgan fingerprint density at radius 3 is 2.43 bits per heavy atom. The quantitative estimate of drug-likeness (QED) is 0.574. The fourth-order valence-electron chi connectivity index (χ4n) is 0.780. The first-order valence-corrected chi connectivity index (χ1v) is 5.72. The first-order chi connectivity index (χ1) is 6.40. The molecule has 0 aromatic heterocycles. The Hall–Kier alpha value is -0.700. The Bertz CT molecular complexity index is 238. The third-order valence-corrected chi connectivity index (χ3v) is 2.10. The summed E-state index contributed by atoms with van der Waals surface area (Å²) in [6.45, 7) is 11.5. The highest BCUT2D eigenvalue weighted by Gasteiger charge is 2.15. The minimum atomic E-state index is -0.198. The average molecular weight is 213 g/mol. The Morgan fingerprint density at radius 1 is 1.50 bits per heavy atom. The molecule has 0 aromatic rings. The highest BCUT2D eigenvalue weighted by molar-refractivity contribution is 8.02. The molecular weight excluding hydrogens is 194 g/mol. The number of hydrogen-bond donors (Lipinski definition) is 1. The predicted octanol–water partition coefficient (Wildman–Crippen LogP) is 2.72. The normalized spacial score (nSPS) is 12.4. The molecule has 0 aliphatic heterocycles. The van der Waals surface area contributed by atoms with Gasteiger partial charge < -0.3 is 5.32 Å². The van der Waals surface area contributed by atoms with E-state index in [0.717, 1.165) is 5.75 Å². The van der Waals surface area contributed by atoms with Gasteiger partial charge in [0, 0.05) is 11.1 Å². The molecule has 0 aliphatic rings. The number of thioether (sulfide) groups is 1. The van der Waals surface area contributed by atoms with Crippen molar-refractivity contribution in [3.8, 4) is 0 Å². The van der Waals surface area contributed by atoms with Gasteiger partial charge in [-0.2, -0.15) is 0 Å². The van der Waals surface area contributed by atoms with Crippen molar-refractivity contribution >= 4 is 17.7 Å². The minimum Gasteiger partial charge on any atom is -0.347 e. The molecule has 3 heteroatoms. The second kappa shape index (κ2) is 5.91. The van der Waals surface area contributed by atoms with Crippen LogP contribution in [0.2, 0.25) is 0 Å². The molecule has 0 bridgehead atoms. The van der Waals surface area contributed by atoms with E-state index in [2.05, 4.69) is 11.9 Å². The van der Waals surface area contributed by atoms with Gasteiger partial charge in [-0.15, -0.1) is 11.8 Å². The van der Waals surface area contributed by atoms with Gasteiger partial charge in [-0.05, 0) is 31.9 Å². The number of rotatable bonds is 4. The number of amides is 1. The summed E-state index contributed by atoms with van der Waals surface area (Å²) in [7, 11) is 0. The molecule has 0 fully saturated rings. The zero-order chi connectivity index (χ0) is 11.2. The summed E-state index contributed by atoms with van der Waals surface area (Å²) in [5.74, 6) is 0.897. The molecule has 0 aromatic carbocycles. The van der Waals surface area contributed by atoms with E-state index in [-0.39, 0.29) is 11.4 Å². The molecule has 1 N–H and O–H groups in total. The van der Waals surface area contributed by atoms with Gasteiger partial charge in [0.1, 0.15) is 0 Å². The number of hydrogen-bond acceptors (Lipinski definition) is 2. The van der Waals surface area contributed by atoms with Crippen LogP contribution in [0, 0.1) is 0 Å². The summed E-state index contributed by atoms with van der Waals surface area (Å²) in [4.78, 5) is 11.6. The molecule has 0 aliphatic carbocycles. The van der Waals surface area contributed by atoms with E-state index in [1.165, 1.54) is 0 Å². The van der Waals surface area contributed by atoms with Crippen molar-refractivity contribution in [3.63, 3.8) is 0 Å². The van der Waals surface area contributed by atoms with E-state index in [1.54, 1.807) is 17.8 Å². The van der Waals surface area contributed by atoms with Gasteiger partial charge in [-0.25, -0.2) is 0 Å². The van der Waals surface area contributed by atoms with Crippen LogP contribution in [0.15, 0.2) is 23.6 Å². The third-order valence-electron chi connectivity index (χ3n) is 1.35. The van der Waals surface area contributed by atoms with Crippen LogP contribution in [0.5, 0.6) is 0 Å². The molecule has 14 heavy (non-hydrogen) atoms. The Kier molecular flexibility index (Phi) is 5.62. The molecule has 80 valence electrons. The molecule has 0 atom stereocenters. The molecule has 0 spiro atoms. The van der Waals surface area contributed by atoms with Gasteiger partial charge in [-0.3, -0.25) is 4.79 Å². The summed E-state index contributed by atoms with van der Waals surface area (Å²) < 4.78 is 0. The summed E-state index contributed by atoms with van der Waals surface area (Å²) in [6, 6.07) is 0. The molecule has 0 saturated heterocycles. The maximum absolute atomic E-state index is 11.6. The molecule has 0 rings (SSSR count). The van der Waals surface area contributed by atoms with Crippen LogP contribution < -0.4 is 5.32 Å². The van der Waals surface area contributed by atoms with Gasteiger partial charge >= 0.3 is 0 Å². The highest BCUT2D eigenvalue weighted by Crippen LogP contribution is 2.09. The lowest BCUT2D eigenvalue weighted by Crippen LogP contribution is -2.41. The van der Waals surface area contributed by atoms with Crippen LogP contribution in [0.1, 0.15) is 27.7 Å². The summed E-state index contributed by atoms with van der Waals surface area (Å²) in [5.41, 5.74) is 0.433. The van der Waals surface area contributed by atoms with Crippen molar-refractivity contribution in [2.45, 2.75) is 33.2 Å². The van der Waals surface area contributed by atoms with Crippen molar-refractivity contribution in [3.05, 3.63) is 23.6 Å². The van der Waals surface area contributed by atoms with Crippen LogP contribution in [-0.2, 0) is 4.79 Å². The van der Waals surface area contributed by atoms with Crippen LogP contribution in [0.25, 0.3) is 0 Å². The Balaban J connectivity index is 4.40. The zero-order valence-electron chi connectivity index (χ0n) is 9.39. The van der Waals surface area contributed by atoms with Gasteiger partial charge in [0.05, 0.1) is 0 Å². The molecule has 0 unspecified atom stereocenters. The lowest BCUT2D eigenvalue weighted by Gasteiger charge is -2.20. The van der Waals surface area contributed by atoms with E-state index in [9.17, 15) is 4.79 Å². The molecule has 0 radical (unpaired) electrons. The second-order valence-electron chi connectivity index (χ2n) is 3.94. The highest BCUT2D eigenvalue weighted by atomic mass is 32.2. The molecule has 0 saturated carbocycles. The molecule has 2 nitrogen and oxygen atoms in total. The summed E-state index contributed by atoms with van der Waals surface area (Å²) >= 11 is 1.60. The van der Waals surface area contributed by atoms with Gasteiger partial charge in [0.2, 0.25) is 0 Å². The maximum Gasteiger partial charge on any atom is 0.252 e. The molecule has 0 heterocycles. The third kappa shape index (κ3) is 5.86. The Labute approximate surface area is 90.8 Å². The topological polar surface area (TPSA) is 29.1 Å². The van der Waals surface area contributed by atoms with Gasteiger partial charge in [-0.1, -0.05) is 19.6 Å². The second-order valence-corrected chi connectivity index (χ2v) is 5.08. The SMILES string of the molecule is C=C/C(=C\SCC)C(=O)NC(C)(C)C. The lowest BCUT2D eigenvalue weighted by molar-refractivity contribution is -0.118. The van der Waals surface area contributed by atoms with Crippen molar-refractivity contribution in [1.29, 1.82) is 0 Å². The number of nitrogens with one attached hydrogen (secondary N) is 1. The van der Waals surface area contributed by atoms with E-state index < -0.39 is 0 Å². The summed E-state index contributed by atoms with van der Waals surface area (Å²) in [6.07, 6.45) is 1.59. The van der Waals surface area contributed by atoms with Gasteiger partial charge in [0.15, 0.2) is 0 Å². The monoisotopic (exact) mass is 213 g/mol. The van der Waals surface area contributed by atoms with Crippen molar-refractivity contribution in [2.24, 2.45) is 0 Å². The predicted molar refractivity (Wildman–Crippen MR) is 64.3 cm³/mol. The maximum atomic E-state index is 11.6. The van der Waals surface area contributed by atoms with Crippen LogP contribution in [-0.4, -0.2) is 17.2 Å². The van der Waals surface area contributed by atoms with Crippen LogP contribution in [0.4, 0.5) is 0 Å². The number of carbonyl (C=O) groups is 1.